The van der Waals surface area contributed by atoms with E-state index in [4.69, 9.17) is 20.9 Å². The van der Waals surface area contributed by atoms with Crippen molar-refractivity contribution < 1.29 is 14.1 Å². The van der Waals surface area contributed by atoms with Crippen LogP contribution >= 0.6 is 22.9 Å². The lowest BCUT2D eigenvalue weighted by atomic mass is 10.1. The Morgan fingerprint density at radius 2 is 2.12 bits per heavy atom. The van der Waals surface area contributed by atoms with Crippen LogP contribution in [0, 0.1) is 0 Å². The molecule has 0 aliphatic carbocycles. The number of morpholine rings is 1. The minimum Gasteiger partial charge on any atom is -0.372 e. The van der Waals surface area contributed by atoms with Crippen LogP contribution in [0.3, 0.4) is 0 Å². The van der Waals surface area contributed by atoms with Crippen LogP contribution in [0.15, 0.2) is 22.2 Å². The number of halogens is 1. The van der Waals surface area contributed by atoms with Crippen molar-refractivity contribution in [2.45, 2.75) is 26.1 Å². The number of carbonyl (C=O) groups excluding carboxylic acids is 1. The van der Waals surface area contributed by atoms with Gasteiger partial charge in [0.2, 0.25) is 0 Å². The average Bonchev–Trinajstić information content (AvgIpc) is 3.22. The van der Waals surface area contributed by atoms with Crippen molar-refractivity contribution >= 4 is 45.9 Å². The SMILES string of the molecule is C[C@@H]1CN(c2c(C=O)cc3c(-c4nccs4)noc3c2Cl)C[C@H](C)O1. The van der Waals surface area contributed by atoms with Gasteiger partial charge in [-0.3, -0.25) is 4.79 Å². The maximum absolute atomic E-state index is 11.8. The fourth-order valence-corrected chi connectivity index (χ4v) is 4.31. The summed E-state index contributed by atoms with van der Waals surface area (Å²) in [4.78, 5) is 18.1. The van der Waals surface area contributed by atoms with Gasteiger partial charge in [-0.25, -0.2) is 4.98 Å². The highest BCUT2D eigenvalue weighted by atomic mass is 35.5. The molecule has 1 saturated heterocycles. The van der Waals surface area contributed by atoms with Gasteiger partial charge in [0.1, 0.15) is 15.7 Å². The number of fused-ring (bicyclic) bond motifs is 1. The van der Waals surface area contributed by atoms with E-state index in [1.807, 2.05) is 19.2 Å². The number of ether oxygens (including phenoxy) is 1. The van der Waals surface area contributed by atoms with E-state index in [0.29, 0.717) is 46.0 Å². The summed E-state index contributed by atoms with van der Waals surface area (Å²) in [6.45, 7) is 5.32. The van der Waals surface area contributed by atoms with Crippen molar-refractivity contribution in [3.05, 3.63) is 28.2 Å². The van der Waals surface area contributed by atoms with E-state index >= 15 is 0 Å². The van der Waals surface area contributed by atoms with Crippen molar-refractivity contribution in [2.24, 2.45) is 0 Å². The number of aromatic nitrogens is 2. The molecule has 0 N–H and O–H groups in total. The van der Waals surface area contributed by atoms with Gasteiger partial charge in [-0.15, -0.1) is 11.3 Å². The number of carbonyl (C=O) groups is 1. The standard InChI is InChI=1S/C17H16ClN3O3S/c1-9-6-21(7-10(2)23-9)15-11(8-22)5-12-14(17-19-3-4-25-17)20-24-16(12)13(15)18/h3-5,8-10H,6-7H2,1-2H3/t9-,10+. The number of rotatable bonds is 3. The number of hydrogen-bond acceptors (Lipinski definition) is 7. The molecule has 0 bridgehead atoms. The molecule has 0 spiro atoms. The van der Waals surface area contributed by atoms with Crippen molar-refractivity contribution in [3.8, 4) is 10.7 Å². The third-order valence-corrected chi connectivity index (χ3v) is 5.34. The van der Waals surface area contributed by atoms with Gasteiger partial charge in [0, 0.05) is 30.2 Å². The topological polar surface area (TPSA) is 68.5 Å². The van der Waals surface area contributed by atoms with E-state index < -0.39 is 0 Å². The monoisotopic (exact) mass is 377 g/mol. The van der Waals surface area contributed by atoms with E-state index in [-0.39, 0.29) is 12.2 Å². The Labute approximate surface area is 153 Å². The van der Waals surface area contributed by atoms with Gasteiger partial charge in [-0.05, 0) is 19.9 Å². The highest BCUT2D eigenvalue weighted by Gasteiger charge is 2.28. The van der Waals surface area contributed by atoms with Crippen LogP contribution in [0.1, 0.15) is 24.2 Å². The first kappa shape index (κ1) is 16.5. The van der Waals surface area contributed by atoms with Crippen LogP contribution in [0.5, 0.6) is 0 Å². The predicted octanol–water partition coefficient (Wildman–Crippen LogP) is 4.03. The normalized spacial score (nSPS) is 21.0. The number of aldehydes is 1. The zero-order chi connectivity index (χ0) is 17.6. The summed E-state index contributed by atoms with van der Waals surface area (Å²) < 4.78 is 11.3. The highest BCUT2D eigenvalue weighted by Crippen LogP contribution is 2.41. The lowest BCUT2D eigenvalue weighted by molar-refractivity contribution is -0.00524. The van der Waals surface area contributed by atoms with Gasteiger partial charge in [0.15, 0.2) is 11.9 Å². The minimum atomic E-state index is 0.0515. The minimum absolute atomic E-state index is 0.0515. The summed E-state index contributed by atoms with van der Waals surface area (Å²) in [5, 5.41) is 7.81. The van der Waals surface area contributed by atoms with E-state index in [1.54, 1.807) is 12.3 Å². The molecule has 0 saturated carbocycles. The Hall–Kier alpha value is -1.96. The van der Waals surface area contributed by atoms with Gasteiger partial charge < -0.3 is 14.2 Å². The van der Waals surface area contributed by atoms with Crippen LogP contribution in [-0.2, 0) is 4.74 Å². The zero-order valence-electron chi connectivity index (χ0n) is 13.7. The Balaban J connectivity index is 1.88. The van der Waals surface area contributed by atoms with Gasteiger partial charge >= 0.3 is 0 Å². The molecule has 1 aromatic carbocycles. The molecule has 2 atom stereocenters. The molecule has 4 rings (SSSR count). The fourth-order valence-electron chi connectivity index (χ4n) is 3.31. The molecule has 8 heteroatoms. The molecule has 1 aliphatic heterocycles. The summed E-state index contributed by atoms with van der Waals surface area (Å²) in [5.41, 5.74) is 2.26. The largest absolute Gasteiger partial charge is 0.372 e. The van der Waals surface area contributed by atoms with Gasteiger partial charge in [0.05, 0.1) is 23.3 Å². The van der Waals surface area contributed by atoms with Crippen molar-refractivity contribution in [2.75, 3.05) is 18.0 Å². The molecule has 1 fully saturated rings. The summed E-state index contributed by atoms with van der Waals surface area (Å²) in [7, 11) is 0. The van der Waals surface area contributed by atoms with Crippen LogP contribution < -0.4 is 4.90 Å². The van der Waals surface area contributed by atoms with Crippen molar-refractivity contribution in [1.82, 2.24) is 10.1 Å². The second-order valence-electron chi connectivity index (χ2n) is 6.15. The second kappa shape index (κ2) is 6.40. The second-order valence-corrected chi connectivity index (χ2v) is 7.43. The van der Waals surface area contributed by atoms with E-state index in [0.717, 1.165) is 11.3 Å². The maximum atomic E-state index is 11.8. The quantitative estimate of drug-likeness (QED) is 0.642. The van der Waals surface area contributed by atoms with E-state index in [9.17, 15) is 4.79 Å². The molecule has 1 aliphatic rings. The number of benzene rings is 1. The number of hydrogen-bond donors (Lipinski definition) is 0. The number of anilines is 1. The Bertz CT molecular complexity index is 915. The molecule has 0 radical (unpaired) electrons. The van der Waals surface area contributed by atoms with E-state index in [1.165, 1.54) is 11.3 Å². The molecule has 6 nitrogen and oxygen atoms in total. The highest BCUT2D eigenvalue weighted by molar-refractivity contribution is 7.13. The lowest BCUT2D eigenvalue weighted by Crippen LogP contribution is -2.46. The van der Waals surface area contributed by atoms with Crippen LogP contribution in [0.4, 0.5) is 5.69 Å². The van der Waals surface area contributed by atoms with E-state index in [2.05, 4.69) is 15.0 Å². The third kappa shape index (κ3) is 2.82. The molecule has 130 valence electrons. The first-order valence-electron chi connectivity index (χ1n) is 7.95. The maximum Gasteiger partial charge on any atom is 0.188 e. The average molecular weight is 378 g/mol. The first-order valence-corrected chi connectivity index (χ1v) is 9.21. The van der Waals surface area contributed by atoms with Crippen LogP contribution in [0.25, 0.3) is 21.7 Å². The molecule has 0 unspecified atom stereocenters. The third-order valence-electron chi connectivity index (χ3n) is 4.21. The smallest absolute Gasteiger partial charge is 0.188 e. The van der Waals surface area contributed by atoms with Crippen molar-refractivity contribution in [1.29, 1.82) is 0 Å². The summed E-state index contributed by atoms with van der Waals surface area (Å²) >= 11 is 8.09. The predicted molar refractivity (Wildman–Crippen MR) is 97.7 cm³/mol. The molecular weight excluding hydrogens is 362 g/mol. The van der Waals surface area contributed by atoms with Crippen molar-refractivity contribution in [3.63, 3.8) is 0 Å². The first-order chi connectivity index (χ1) is 12.1. The Morgan fingerprint density at radius 3 is 2.76 bits per heavy atom. The summed E-state index contributed by atoms with van der Waals surface area (Å²) in [6, 6.07) is 1.78. The molecule has 3 aromatic rings. The van der Waals surface area contributed by atoms with Gasteiger partial charge in [0.25, 0.3) is 0 Å². The lowest BCUT2D eigenvalue weighted by Gasteiger charge is -2.37. The Morgan fingerprint density at radius 1 is 1.36 bits per heavy atom. The zero-order valence-corrected chi connectivity index (χ0v) is 15.3. The van der Waals surface area contributed by atoms with Crippen LogP contribution in [0.2, 0.25) is 5.02 Å². The van der Waals surface area contributed by atoms with Crippen LogP contribution in [-0.4, -0.2) is 41.7 Å². The molecule has 25 heavy (non-hydrogen) atoms. The number of thiazole rings is 1. The molecule has 2 aromatic heterocycles. The summed E-state index contributed by atoms with van der Waals surface area (Å²) in [6.07, 6.45) is 2.63. The Kier molecular flexibility index (Phi) is 4.23. The summed E-state index contributed by atoms with van der Waals surface area (Å²) in [5.74, 6) is 0. The molecular formula is C17H16ClN3O3S. The van der Waals surface area contributed by atoms with Gasteiger partial charge in [-0.2, -0.15) is 0 Å². The van der Waals surface area contributed by atoms with Gasteiger partial charge in [-0.1, -0.05) is 16.8 Å². The number of nitrogens with zero attached hydrogens (tertiary/aromatic N) is 3. The molecule has 3 heterocycles. The molecule has 0 amide bonds. The fraction of sp³-hybridized carbons (Fsp3) is 0.353.